The van der Waals surface area contributed by atoms with E-state index in [9.17, 15) is 4.79 Å². The Morgan fingerprint density at radius 3 is 2.47 bits per heavy atom. The van der Waals surface area contributed by atoms with Gasteiger partial charge in [-0.1, -0.05) is 13.8 Å². The summed E-state index contributed by atoms with van der Waals surface area (Å²) in [6, 6.07) is 0. The SMILES string of the molecule is CCNC(C)(CCCCOC(C)CC)C(=O)OCC. The lowest BCUT2D eigenvalue weighted by Gasteiger charge is -2.28. The third kappa shape index (κ3) is 7.53. The normalized spacial score (nSPS) is 15.8. The van der Waals surface area contributed by atoms with E-state index in [-0.39, 0.29) is 5.97 Å². The van der Waals surface area contributed by atoms with E-state index in [4.69, 9.17) is 9.47 Å². The summed E-state index contributed by atoms with van der Waals surface area (Å²) in [6.07, 6.45) is 4.08. The maximum absolute atomic E-state index is 12.0. The Balaban J connectivity index is 4.03. The van der Waals surface area contributed by atoms with Gasteiger partial charge in [0.1, 0.15) is 5.54 Å². The number of likely N-dealkylation sites (N-methyl/N-ethyl adjacent to an activating group) is 1. The number of hydrogen-bond donors (Lipinski definition) is 1. The molecule has 0 fully saturated rings. The Morgan fingerprint density at radius 2 is 1.95 bits per heavy atom. The van der Waals surface area contributed by atoms with Gasteiger partial charge < -0.3 is 14.8 Å². The molecule has 2 unspecified atom stereocenters. The molecule has 0 aliphatic heterocycles. The van der Waals surface area contributed by atoms with Gasteiger partial charge in [-0.05, 0) is 53.0 Å². The average molecular weight is 273 g/mol. The Morgan fingerprint density at radius 1 is 1.26 bits per heavy atom. The first-order valence-corrected chi connectivity index (χ1v) is 7.54. The smallest absolute Gasteiger partial charge is 0.326 e. The Bertz CT molecular complexity index is 246. The van der Waals surface area contributed by atoms with Crippen LogP contribution >= 0.6 is 0 Å². The standard InChI is InChI=1S/C15H31NO3/c1-6-13(4)19-12-10-9-11-15(5,16-7-2)14(17)18-8-3/h13,16H,6-12H2,1-5H3. The van der Waals surface area contributed by atoms with Crippen LogP contribution in [0, 0.1) is 0 Å². The number of unbranched alkanes of at least 4 members (excludes halogenated alkanes) is 1. The molecule has 0 aromatic carbocycles. The van der Waals surface area contributed by atoms with Crippen LogP contribution in [-0.2, 0) is 14.3 Å². The Kier molecular flexibility index (Phi) is 9.88. The zero-order valence-corrected chi connectivity index (χ0v) is 13.3. The van der Waals surface area contributed by atoms with E-state index in [0.29, 0.717) is 12.7 Å². The number of ether oxygens (including phenoxy) is 2. The van der Waals surface area contributed by atoms with Crippen LogP contribution in [0.1, 0.15) is 60.3 Å². The summed E-state index contributed by atoms with van der Waals surface area (Å²) in [4.78, 5) is 12.0. The van der Waals surface area contributed by atoms with Crippen molar-refractivity contribution in [2.24, 2.45) is 0 Å². The van der Waals surface area contributed by atoms with E-state index in [0.717, 1.165) is 38.8 Å². The second-order valence-electron chi connectivity index (χ2n) is 5.13. The van der Waals surface area contributed by atoms with E-state index < -0.39 is 5.54 Å². The lowest BCUT2D eigenvalue weighted by atomic mass is 9.95. The molecule has 0 aromatic rings. The molecule has 114 valence electrons. The number of rotatable bonds is 11. The molecule has 0 aromatic heterocycles. The molecular formula is C15H31NO3. The molecular weight excluding hydrogens is 242 g/mol. The lowest BCUT2D eigenvalue weighted by molar-refractivity contribution is -0.150. The molecule has 0 aliphatic rings. The van der Waals surface area contributed by atoms with E-state index in [2.05, 4.69) is 19.2 Å². The van der Waals surface area contributed by atoms with E-state index in [1.165, 1.54) is 0 Å². The van der Waals surface area contributed by atoms with Crippen LogP contribution in [0.3, 0.4) is 0 Å². The number of hydrogen-bond acceptors (Lipinski definition) is 4. The molecule has 19 heavy (non-hydrogen) atoms. The highest BCUT2D eigenvalue weighted by Crippen LogP contribution is 2.16. The molecule has 4 heteroatoms. The largest absolute Gasteiger partial charge is 0.465 e. The molecule has 0 saturated carbocycles. The molecule has 0 radical (unpaired) electrons. The predicted octanol–water partition coefficient (Wildman–Crippen LogP) is 2.90. The van der Waals surface area contributed by atoms with Crippen molar-refractivity contribution >= 4 is 5.97 Å². The third-order valence-electron chi connectivity index (χ3n) is 3.34. The summed E-state index contributed by atoms with van der Waals surface area (Å²) in [5.74, 6) is -0.153. The minimum Gasteiger partial charge on any atom is -0.465 e. The van der Waals surface area contributed by atoms with Crippen LogP contribution in [0.25, 0.3) is 0 Å². The van der Waals surface area contributed by atoms with Gasteiger partial charge in [-0.3, -0.25) is 4.79 Å². The Labute approximate surface area is 118 Å². The number of nitrogens with one attached hydrogen (secondary N) is 1. The maximum Gasteiger partial charge on any atom is 0.326 e. The van der Waals surface area contributed by atoms with Gasteiger partial charge in [0.05, 0.1) is 12.7 Å². The van der Waals surface area contributed by atoms with Crippen molar-refractivity contribution in [1.29, 1.82) is 0 Å². The molecule has 1 N–H and O–H groups in total. The van der Waals surface area contributed by atoms with Gasteiger partial charge in [0.15, 0.2) is 0 Å². The quantitative estimate of drug-likeness (QED) is 0.464. The van der Waals surface area contributed by atoms with Crippen LogP contribution in [0.2, 0.25) is 0 Å². The molecule has 0 heterocycles. The van der Waals surface area contributed by atoms with Gasteiger partial charge in [-0.15, -0.1) is 0 Å². The van der Waals surface area contributed by atoms with Crippen molar-refractivity contribution in [2.75, 3.05) is 19.8 Å². The second kappa shape index (κ2) is 10.2. The zero-order valence-electron chi connectivity index (χ0n) is 13.3. The van der Waals surface area contributed by atoms with Gasteiger partial charge in [0, 0.05) is 6.61 Å². The van der Waals surface area contributed by atoms with E-state index in [1.54, 1.807) is 0 Å². The predicted molar refractivity (Wildman–Crippen MR) is 78.3 cm³/mol. The number of carbonyl (C=O) groups excluding carboxylic acids is 1. The van der Waals surface area contributed by atoms with Crippen molar-refractivity contribution in [3.63, 3.8) is 0 Å². The van der Waals surface area contributed by atoms with Crippen LogP contribution in [0.15, 0.2) is 0 Å². The van der Waals surface area contributed by atoms with Crippen LogP contribution in [-0.4, -0.2) is 37.4 Å². The highest BCUT2D eigenvalue weighted by molar-refractivity contribution is 5.80. The molecule has 0 bridgehead atoms. The molecule has 0 aliphatic carbocycles. The van der Waals surface area contributed by atoms with Crippen molar-refractivity contribution in [1.82, 2.24) is 5.32 Å². The first-order valence-electron chi connectivity index (χ1n) is 7.54. The molecule has 0 rings (SSSR count). The van der Waals surface area contributed by atoms with Crippen molar-refractivity contribution in [3.8, 4) is 0 Å². The van der Waals surface area contributed by atoms with Crippen LogP contribution < -0.4 is 5.32 Å². The van der Waals surface area contributed by atoms with Crippen LogP contribution in [0.5, 0.6) is 0 Å². The molecule has 0 amide bonds. The summed E-state index contributed by atoms with van der Waals surface area (Å²) in [7, 11) is 0. The summed E-state index contributed by atoms with van der Waals surface area (Å²) < 4.78 is 10.8. The highest BCUT2D eigenvalue weighted by atomic mass is 16.5. The van der Waals surface area contributed by atoms with Gasteiger partial charge in [-0.2, -0.15) is 0 Å². The fraction of sp³-hybridized carbons (Fsp3) is 0.933. The summed E-state index contributed by atoms with van der Waals surface area (Å²) in [5, 5.41) is 3.24. The van der Waals surface area contributed by atoms with Gasteiger partial charge in [0.25, 0.3) is 0 Å². The number of carbonyl (C=O) groups is 1. The van der Waals surface area contributed by atoms with Gasteiger partial charge in [-0.25, -0.2) is 0 Å². The number of esters is 1. The van der Waals surface area contributed by atoms with Crippen molar-refractivity contribution < 1.29 is 14.3 Å². The van der Waals surface area contributed by atoms with Crippen molar-refractivity contribution in [3.05, 3.63) is 0 Å². The van der Waals surface area contributed by atoms with Gasteiger partial charge >= 0.3 is 5.97 Å². The van der Waals surface area contributed by atoms with Crippen LogP contribution in [0.4, 0.5) is 0 Å². The average Bonchev–Trinajstić information content (AvgIpc) is 2.38. The zero-order chi connectivity index (χ0) is 14.7. The van der Waals surface area contributed by atoms with Crippen molar-refractivity contribution in [2.45, 2.75) is 71.9 Å². The maximum atomic E-state index is 12.0. The topological polar surface area (TPSA) is 47.6 Å². The highest BCUT2D eigenvalue weighted by Gasteiger charge is 2.32. The summed E-state index contributed by atoms with van der Waals surface area (Å²) in [5.41, 5.74) is -0.568. The minimum absolute atomic E-state index is 0.153. The van der Waals surface area contributed by atoms with E-state index in [1.807, 2.05) is 20.8 Å². The lowest BCUT2D eigenvalue weighted by Crippen LogP contribution is -2.50. The Hall–Kier alpha value is -0.610. The molecule has 4 nitrogen and oxygen atoms in total. The third-order valence-corrected chi connectivity index (χ3v) is 3.34. The fourth-order valence-corrected chi connectivity index (χ4v) is 1.93. The monoisotopic (exact) mass is 273 g/mol. The second-order valence-corrected chi connectivity index (χ2v) is 5.13. The van der Waals surface area contributed by atoms with Gasteiger partial charge in [0.2, 0.25) is 0 Å². The minimum atomic E-state index is -0.568. The first kappa shape index (κ1) is 18.4. The molecule has 0 spiro atoms. The molecule has 0 saturated heterocycles. The molecule has 2 atom stereocenters. The first-order chi connectivity index (χ1) is 9.00. The fourth-order valence-electron chi connectivity index (χ4n) is 1.93. The summed E-state index contributed by atoms with van der Waals surface area (Å²) >= 11 is 0. The summed E-state index contributed by atoms with van der Waals surface area (Å²) in [6.45, 7) is 11.9. The van der Waals surface area contributed by atoms with E-state index >= 15 is 0 Å².